The molecule has 0 radical (unpaired) electrons. The fraction of sp³-hybridized carbons (Fsp3) is 0.368. The van der Waals surface area contributed by atoms with E-state index in [0.29, 0.717) is 0 Å². The molecule has 0 saturated heterocycles. The summed E-state index contributed by atoms with van der Waals surface area (Å²) in [4.78, 5) is 0. The minimum absolute atomic E-state index is 0.873. The van der Waals surface area contributed by atoms with Crippen molar-refractivity contribution in [2.45, 2.75) is 47.0 Å². The number of hydrogen-bond donors (Lipinski definition) is 2. The van der Waals surface area contributed by atoms with Gasteiger partial charge in [0.05, 0.1) is 0 Å². The standard InChI is InChI=1S/C17H22N2.C2H6/c1-3-15-9-8-14(11-17(15)19)7-6-13-5-4-12(2)16(18)10-13;1-2/h4-5,8-11H,3,6-7,18-19H2,1-2H3;1-2H3. The van der Waals surface area contributed by atoms with Crippen LogP contribution >= 0.6 is 0 Å². The third-order valence-corrected chi connectivity index (χ3v) is 3.64. The predicted molar refractivity (Wildman–Crippen MR) is 94.6 cm³/mol. The molecule has 0 aliphatic rings. The van der Waals surface area contributed by atoms with Gasteiger partial charge in [0.2, 0.25) is 0 Å². The number of nitrogens with two attached hydrogens (primary N) is 2. The Morgan fingerprint density at radius 3 is 1.81 bits per heavy atom. The molecule has 2 nitrogen and oxygen atoms in total. The summed E-state index contributed by atoms with van der Waals surface area (Å²) in [6.07, 6.45) is 2.98. The topological polar surface area (TPSA) is 52.0 Å². The number of benzene rings is 2. The van der Waals surface area contributed by atoms with E-state index in [2.05, 4.69) is 43.3 Å². The van der Waals surface area contributed by atoms with Crippen molar-refractivity contribution in [2.75, 3.05) is 11.5 Å². The monoisotopic (exact) mass is 284 g/mol. The molecule has 0 amide bonds. The molecule has 0 spiro atoms. The minimum atomic E-state index is 0.873. The fourth-order valence-corrected chi connectivity index (χ4v) is 2.26. The van der Waals surface area contributed by atoms with Crippen LogP contribution in [0.1, 0.15) is 43.0 Å². The summed E-state index contributed by atoms with van der Waals surface area (Å²) in [5.74, 6) is 0. The number of aryl methyl sites for hydroxylation is 4. The number of anilines is 2. The Labute approximate surface area is 129 Å². The number of hydrogen-bond acceptors (Lipinski definition) is 2. The van der Waals surface area contributed by atoms with Gasteiger partial charge in [-0.25, -0.2) is 0 Å². The second-order valence-corrected chi connectivity index (χ2v) is 5.08. The molecule has 114 valence electrons. The van der Waals surface area contributed by atoms with Crippen LogP contribution in [0.2, 0.25) is 0 Å². The molecule has 0 heterocycles. The molecule has 0 aliphatic carbocycles. The van der Waals surface area contributed by atoms with E-state index in [1.165, 1.54) is 16.7 Å². The first-order valence-electron chi connectivity index (χ1n) is 7.82. The van der Waals surface area contributed by atoms with E-state index in [1.54, 1.807) is 0 Å². The van der Waals surface area contributed by atoms with Crippen molar-refractivity contribution in [1.29, 1.82) is 0 Å². The van der Waals surface area contributed by atoms with Crippen LogP contribution in [-0.4, -0.2) is 0 Å². The van der Waals surface area contributed by atoms with Gasteiger partial charge >= 0.3 is 0 Å². The Balaban J connectivity index is 0.00000106. The highest BCUT2D eigenvalue weighted by molar-refractivity contribution is 5.50. The molecule has 0 fully saturated rings. The van der Waals surface area contributed by atoms with E-state index < -0.39 is 0 Å². The predicted octanol–water partition coefficient (Wildman–Crippen LogP) is 4.53. The average Bonchev–Trinajstić information content (AvgIpc) is 2.50. The Bertz CT molecular complexity index is 574. The van der Waals surface area contributed by atoms with Gasteiger partial charge in [-0.3, -0.25) is 0 Å². The second kappa shape index (κ2) is 8.35. The van der Waals surface area contributed by atoms with Crippen molar-refractivity contribution < 1.29 is 0 Å². The lowest BCUT2D eigenvalue weighted by Gasteiger charge is -2.08. The van der Waals surface area contributed by atoms with Gasteiger partial charge in [-0.05, 0) is 60.6 Å². The van der Waals surface area contributed by atoms with Gasteiger partial charge in [0.15, 0.2) is 0 Å². The SMILES string of the molecule is CC.CCc1ccc(CCc2ccc(C)c(N)c2)cc1N. The van der Waals surface area contributed by atoms with Gasteiger partial charge in [-0.2, -0.15) is 0 Å². The highest BCUT2D eigenvalue weighted by Crippen LogP contribution is 2.18. The highest BCUT2D eigenvalue weighted by Gasteiger charge is 2.01. The van der Waals surface area contributed by atoms with Crippen molar-refractivity contribution in [3.63, 3.8) is 0 Å². The fourth-order valence-electron chi connectivity index (χ4n) is 2.26. The third-order valence-electron chi connectivity index (χ3n) is 3.64. The van der Waals surface area contributed by atoms with Gasteiger partial charge in [0, 0.05) is 11.4 Å². The van der Waals surface area contributed by atoms with Crippen molar-refractivity contribution >= 4 is 11.4 Å². The van der Waals surface area contributed by atoms with Crippen LogP contribution in [0.25, 0.3) is 0 Å². The van der Waals surface area contributed by atoms with E-state index in [4.69, 9.17) is 11.5 Å². The molecule has 0 bridgehead atoms. The minimum Gasteiger partial charge on any atom is -0.399 e. The molecule has 0 saturated carbocycles. The van der Waals surface area contributed by atoms with E-state index in [9.17, 15) is 0 Å². The van der Waals surface area contributed by atoms with Gasteiger partial charge < -0.3 is 11.5 Å². The summed E-state index contributed by atoms with van der Waals surface area (Å²) in [6, 6.07) is 12.7. The van der Waals surface area contributed by atoms with E-state index >= 15 is 0 Å². The molecule has 0 aliphatic heterocycles. The Morgan fingerprint density at radius 1 is 0.810 bits per heavy atom. The van der Waals surface area contributed by atoms with Crippen molar-refractivity contribution in [2.24, 2.45) is 0 Å². The summed E-state index contributed by atoms with van der Waals surface area (Å²) in [6.45, 7) is 8.16. The van der Waals surface area contributed by atoms with Crippen LogP contribution in [0.5, 0.6) is 0 Å². The normalized spacial score (nSPS) is 9.90. The molecular weight excluding hydrogens is 256 g/mol. The lowest BCUT2D eigenvalue weighted by atomic mass is 10.00. The third kappa shape index (κ3) is 4.82. The molecule has 2 heteroatoms. The summed E-state index contributed by atoms with van der Waals surface area (Å²) in [5, 5.41) is 0. The maximum Gasteiger partial charge on any atom is 0.0349 e. The summed E-state index contributed by atoms with van der Waals surface area (Å²) < 4.78 is 0. The average molecular weight is 284 g/mol. The molecule has 2 aromatic carbocycles. The zero-order valence-electron chi connectivity index (χ0n) is 13.7. The Kier molecular flexibility index (Phi) is 6.80. The van der Waals surface area contributed by atoms with Gasteiger partial charge in [0.25, 0.3) is 0 Å². The van der Waals surface area contributed by atoms with E-state index in [0.717, 1.165) is 36.2 Å². The highest BCUT2D eigenvalue weighted by atomic mass is 14.6. The van der Waals surface area contributed by atoms with Crippen LogP contribution in [-0.2, 0) is 19.3 Å². The first-order chi connectivity index (χ1) is 10.1. The first-order valence-corrected chi connectivity index (χ1v) is 7.82. The maximum atomic E-state index is 6.02. The first kappa shape index (κ1) is 17.1. The molecule has 4 N–H and O–H groups in total. The molecule has 21 heavy (non-hydrogen) atoms. The smallest absolute Gasteiger partial charge is 0.0349 e. The van der Waals surface area contributed by atoms with Crippen molar-refractivity contribution in [3.8, 4) is 0 Å². The van der Waals surface area contributed by atoms with Crippen LogP contribution in [0.3, 0.4) is 0 Å². The van der Waals surface area contributed by atoms with Crippen LogP contribution in [0, 0.1) is 6.92 Å². The molecule has 0 unspecified atom stereocenters. The zero-order chi connectivity index (χ0) is 15.8. The van der Waals surface area contributed by atoms with Crippen LogP contribution in [0.4, 0.5) is 11.4 Å². The second-order valence-electron chi connectivity index (χ2n) is 5.08. The van der Waals surface area contributed by atoms with Crippen molar-refractivity contribution in [1.82, 2.24) is 0 Å². The van der Waals surface area contributed by atoms with E-state index in [1.807, 2.05) is 20.8 Å². The molecular formula is C19H28N2. The van der Waals surface area contributed by atoms with Crippen LogP contribution < -0.4 is 11.5 Å². The quantitative estimate of drug-likeness (QED) is 0.810. The molecule has 0 aromatic heterocycles. The van der Waals surface area contributed by atoms with Crippen molar-refractivity contribution in [3.05, 3.63) is 58.7 Å². The van der Waals surface area contributed by atoms with Crippen LogP contribution in [0.15, 0.2) is 36.4 Å². The molecule has 0 atom stereocenters. The van der Waals surface area contributed by atoms with Gasteiger partial charge in [-0.1, -0.05) is 45.0 Å². The Hall–Kier alpha value is -1.96. The summed E-state index contributed by atoms with van der Waals surface area (Å²) >= 11 is 0. The lowest BCUT2D eigenvalue weighted by Crippen LogP contribution is -1.98. The molecule has 2 aromatic rings. The largest absolute Gasteiger partial charge is 0.399 e. The lowest BCUT2D eigenvalue weighted by molar-refractivity contribution is 0.958. The Morgan fingerprint density at radius 2 is 1.33 bits per heavy atom. The zero-order valence-corrected chi connectivity index (χ0v) is 13.7. The number of nitrogen functional groups attached to an aromatic ring is 2. The molecule has 2 rings (SSSR count). The van der Waals surface area contributed by atoms with E-state index in [-0.39, 0.29) is 0 Å². The summed E-state index contributed by atoms with van der Waals surface area (Å²) in [5.41, 5.74) is 18.7. The van der Waals surface area contributed by atoms with Gasteiger partial charge in [-0.15, -0.1) is 0 Å². The summed E-state index contributed by atoms with van der Waals surface area (Å²) in [7, 11) is 0. The number of rotatable bonds is 4. The van der Waals surface area contributed by atoms with Gasteiger partial charge in [0.1, 0.15) is 0 Å². The maximum absolute atomic E-state index is 6.02.